The van der Waals surface area contributed by atoms with Crippen LogP contribution in [-0.4, -0.2) is 35.8 Å². The highest BCUT2D eigenvalue weighted by Crippen LogP contribution is 2.09. The molecule has 0 amide bonds. The molecule has 0 saturated heterocycles. The summed E-state index contributed by atoms with van der Waals surface area (Å²) in [5.74, 6) is 1.02. The maximum absolute atomic E-state index is 5.77. The number of aryl methyl sites for hydroxylation is 2. The van der Waals surface area contributed by atoms with Crippen molar-refractivity contribution in [2.24, 2.45) is 5.73 Å². The third-order valence-corrected chi connectivity index (χ3v) is 3.62. The highest BCUT2D eigenvalue weighted by molar-refractivity contribution is 5.34. The van der Waals surface area contributed by atoms with Crippen LogP contribution in [0.1, 0.15) is 22.5 Å². The van der Waals surface area contributed by atoms with Gasteiger partial charge in [-0.3, -0.25) is 0 Å². The van der Waals surface area contributed by atoms with E-state index in [2.05, 4.69) is 9.97 Å². The molecule has 0 saturated carbocycles. The lowest BCUT2D eigenvalue weighted by molar-refractivity contribution is -0.0201. The summed E-state index contributed by atoms with van der Waals surface area (Å²) >= 11 is 0. The molecule has 0 aromatic carbocycles. The monoisotopic (exact) mass is 345 g/mol. The van der Waals surface area contributed by atoms with Crippen LogP contribution in [0.2, 0.25) is 0 Å². The Morgan fingerprint density at radius 2 is 1.56 bits per heavy atom. The summed E-state index contributed by atoms with van der Waals surface area (Å²) in [6.45, 7) is 5.64. The number of nitrogens with zero attached hydrogens (tertiary/aromatic N) is 2. The van der Waals surface area contributed by atoms with Gasteiger partial charge in [-0.15, -0.1) is 0 Å². The first-order valence-electron chi connectivity index (χ1n) is 8.31. The summed E-state index contributed by atoms with van der Waals surface area (Å²) in [6.07, 6.45) is 0.498. The first kappa shape index (κ1) is 19.1. The molecular weight excluding hydrogens is 318 g/mol. The van der Waals surface area contributed by atoms with Gasteiger partial charge in [0.2, 0.25) is 0 Å². The summed E-state index contributed by atoms with van der Waals surface area (Å²) in [5, 5.41) is 0. The topological polar surface area (TPSA) is 122 Å². The van der Waals surface area contributed by atoms with Crippen LogP contribution in [0.5, 0.6) is 0 Å². The van der Waals surface area contributed by atoms with Gasteiger partial charge in [0, 0.05) is 18.7 Å². The number of hydrogen-bond acceptors (Lipinski definition) is 7. The zero-order valence-corrected chi connectivity index (χ0v) is 14.9. The van der Waals surface area contributed by atoms with Gasteiger partial charge in [0.05, 0.1) is 31.6 Å². The summed E-state index contributed by atoms with van der Waals surface area (Å²) in [7, 11) is 0. The van der Waals surface area contributed by atoms with E-state index in [0.717, 1.165) is 22.5 Å². The number of hydrogen-bond donors (Lipinski definition) is 3. The summed E-state index contributed by atoms with van der Waals surface area (Å²) in [6, 6.07) is 7.61. The number of nitrogen functional groups attached to an aromatic ring is 2. The molecule has 136 valence electrons. The van der Waals surface area contributed by atoms with Gasteiger partial charge in [-0.05, 0) is 49.2 Å². The Hall–Kier alpha value is -2.22. The lowest BCUT2D eigenvalue weighted by atomic mass is 10.2. The SMILES string of the molecule is Cc1cc(N)nc(CCOC[C@@H](CN)OCc2cc(C)cc(N)n2)c1. The van der Waals surface area contributed by atoms with Gasteiger partial charge in [-0.2, -0.15) is 0 Å². The minimum absolute atomic E-state index is 0.195. The number of anilines is 2. The average molecular weight is 345 g/mol. The van der Waals surface area contributed by atoms with E-state index in [0.29, 0.717) is 44.4 Å². The van der Waals surface area contributed by atoms with E-state index in [1.807, 2.05) is 38.1 Å². The van der Waals surface area contributed by atoms with Gasteiger partial charge in [-0.1, -0.05) is 0 Å². The molecule has 6 N–H and O–H groups in total. The van der Waals surface area contributed by atoms with Crippen molar-refractivity contribution in [2.45, 2.75) is 33.0 Å². The molecule has 0 aliphatic rings. The van der Waals surface area contributed by atoms with Crippen molar-refractivity contribution in [2.75, 3.05) is 31.2 Å². The van der Waals surface area contributed by atoms with Crippen molar-refractivity contribution in [3.63, 3.8) is 0 Å². The van der Waals surface area contributed by atoms with Crippen molar-refractivity contribution >= 4 is 11.6 Å². The second kappa shape index (κ2) is 9.31. The molecule has 0 aliphatic carbocycles. The highest BCUT2D eigenvalue weighted by Gasteiger charge is 2.09. The van der Waals surface area contributed by atoms with Gasteiger partial charge in [0.15, 0.2) is 0 Å². The smallest absolute Gasteiger partial charge is 0.123 e. The maximum Gasteiger partial charge on any atom is 0.123 e. The van der Waals surface area contributed by atoms with Crippen molar-refractivity contribution in [3.8, 4) is 0 Å². The number of rotatable bonds is 9. The quantitative estimate of drug-likeness (QED) is 0.586. The number of aromatic nitrogens is 2. The predicted octanol–water partition coefficient (Wildman–Crippen LogP) is 1.36. The maximum atomic E-state index is 5.77. The first-order valence-corrected chi connectivity index (χ1v) is 8.31. The molecule has 7 nitrogen and oxygen atoms in total. The van der Waals surface area contributed by atoms with Gasteiger partial charge in [0.1, 0.15) is 11.6 Å². The molecule has 7 heteroatoms. The Morgan fingerprint density at radius 1 is 0.960 bits per heavy atom. The van der Waals surface area contributed by atoms with Crippen LogP contribution >= 0.6 is 0 Å². The van der Waals surface area contributed by atoms with Crippen molar-refractivity contribution in [1.29, 1.82) is 0 Å². The van der Waals surface area contributed by atoms with Crippen LogP contribution in [0.25, 0.3) is 0 Å². The van der Waals surface area contributed by atoms with E-state index in [1.54, 1.807) is 0 Å². The zero-order chi connectivity index (χ0) is 18.2. The molecule has 0 unspecified atom stereocenters. The zero-order valence-electron chi connectivity index (χ0n) is 14.9. The number of ether oxygens (including phenoxy) is 2. The van der Waals surface area contributed by atoms with E-state index >= 15 is 0 Å². The molecule has 1 atom stereocenters. The fourth-order valence-electron chi connectivity index (χ4n) is 2.52. The van der Waals surface area contributed by atoms with E-state index in [4.69, 9.17) is 26.7 Å². The van der Waals surface area contributed by atoms with Crippen LogP contribution in [0, 0.1) is 13.8 Å². The molecule has 2 aromatic rings. The fraction of sp³-hybridized carbons (Fsp3) is 0.444. The van der Waals surface area contributed by atoms with E-state index in [-0.39, 0.29) is 6.10 Å². The van der Waals surface area contributed by atoms with Crippen LogP contribution in [0.15, 0.2) is 24.3 Å². The molecule has 2 aromatic heterocycles. The molecule has 2 rings (SSSR count). The molecule has 0 bridgehead atoms. The third kappa shape index (κ3) is 6.66. The standard InChI is InChI=1S/C18H27N5O2/c1-12-5-14(22-17(20)7-12)3-4-24-11-16(9-19)25-10-15-6-13(2)8-18(21)23-15/h5-8,16H,3-4,9-11,19H2,1-2H3,(H2,20,22)(H2,21,23)/t16-/m1/s1. The Bertz CT molecular complexity index is 653. The second-order valence-corrected chi connectivity index (χ2v) is 6.12. The van der Waals surface area contributed by atoms with E-state index in [9.17, 15) is 0 Å². The van der Waals surface area contributed by atoms with Crippen LogP contribution < -0.4 is 17.2 Å². The lowest BCUT2D eigenvalue weighted by Gasteiger charge is -2.16. The van der Waals surface area contributed by atoms with E-state index in [1.165, 1.54) is 0 Å². The lowest BCUT2D eigenvalue weighted by Crippen LogP contribution is -2.29. The Morgan fingerprint density at radius 3 is 2.16 bits per heavy atom. The first-order chi connectivity index (χ1) is 12.0. The molecular formula is C18H27N5O2. The normalized spacial score (nSPS) is 12.3. The van der Waals surface area contributed by atoms with Crippen molar-refractivity contribution in [3.05, 3.63) is 46.8 Å². The average Bonchev–Trinajstić information content (AvgIpc) is 2.52. The summed E-state index contributed by atoms with van der Waals surface area (Å²) < 4.78 is 11.4. The molecule has 0 aliphatic heterocycles. The predicted molar refractivity (Wildman–Crippen MR) is 98.9 cm³/mol. The molecule has 0 spiro atoms. The highest BCUT2D eigenvalue weighted by atomic mass is 16.5. The van der Waals surface area contributed by atoms with Crippen LogP contribution in [0.4, 0.5) is 11.6 Å². The third-order valence-electron chi connectivity index (χ3n) is 3.62. The fourth-order valence-corrected chi connectivity index (χ4v) is 2.52. The number of nitrogens with two attached hydrogens (primary N) is 3. The minimum atomic E-state index is -0.195. The Balaban J connectivity index is 1.74. The van der Waals surface area contributed by atoms with Crippen LogP contribution in [-0.2, 0) is 22.5 Å². The van der Waals surface area contributed by atoms with Gasteiger partial charge in [-0.25, -0.2) is 9.97 Å². The molecule has 0 radical (unpaired) electrons. The van der Waals surface area contributed by atoms with E-state index < -0.39 is 0 Å². The summed E-state index contributed by atoms with van der Waals surface area (Å²) in [4.78, 5) is 8.53. The Labute approximate surface area is 148 Å². The summed E-state index contributed by atoms with van der Waals surface area (Å²) in [5.41, 5.74) is 21.1. The molecule has 25 heavy (non-hydrogen) atoms. The van der Waals surface area contributed by atoms with Crippen LogP contribution in [0.3, 0.4) is 0 Å². The number of pyridine rings is 2. The molecule has 2 heterocycles. The molecule has 0 fully saturated rings. The minimum Gasteiger partial charge on any atom is -0.384 e. The Kier molecular flexibility index (Phi) is 7.12. The van der Waals surface area contributed by atoms with Gasteiger partial charge >= 0.3 is 0 Å². The van der Waals surface area contributed by atoms with Gasteiger partial charge < -0.3 is 26.7 Å². The van der Waals surface area contributed by atoms with Crippen molar-refractivity contribution < 1.29 is 9.47 Å². The second-order valence-electron chi connectivity index (χ2n) is 6.12. The largest absolute Gasteiger partial charge is 0.384 e. The van der Waals surface area contributed by atoms with Crippen molar-refractivity contribution in [1.82, 2.24) is 9.97 Å². The van der Waals surface area contributed by atoms with Gasteiger partial charge in [0.25, 0.3) is 0 Å².